The Balaban J connectivity index is 4.70. The van der Waals surface area contributed by atoms with Crippen LogP contribution in [0, 0.1) is 0 Å². The molecule has 0 rings (SSSR count). The molecule has 0 aliphatic heterocycles. The lowest BCUT2D eigenvalue weighted by Gasteiger charge is -2.09. The molecule has 0 aromatic carbocycles. The minimum absolute atomic E-state index is 0.0787. The van der Waals surface area contributed by atoms with Gasteiger partial charge in [0.05, 0.1) is 19.8 Å². The van der Waals surface area contributed by atoms with Crippen LogP contribution in [0.1, 0.15) is 13.3 Å². The summed E-state index contributed by atoms with van der Waals surface area (Å²) in [6.07, 6.45) is 0.0787. The third-order valence-electron chi connectivity index (χ3n) is 1.69. The standard InChI is InChI=1S/C9H16O5/c1-2-14-9(13)8(3-4-10)7(5-11)6-12/h10-12H,2-6H2,1H3. The number of carbonyl (C=O) groups excluding carboxylic acids is 1. The summed E-state index contributed by atoms with van der Waals surface area (Å²) in [6, 6.07) is 0. The van der Waals surface area contributed by atoms with Crippen LogP contribution >= 0.6 is 0 Å². The van der Waals surface area contributed by atoms with E-state index in [4.69, 9.17) is 20.1 Å². The molecule has 0 heterocycles. The van der Waals surface area contributed by atoms with Gasteiger partial charge >= 0.3 is 5.97 Å². The maximum atomic E-state index is 11.3. The van der Waals surface area contributed by atoms with Crippen molar-refractivity contribution in [2.45, 2.75) is 13.3 Å². The van der Waals surface area contributed by atoms with Crippen LogP contribution in [0.15, 0.2) is 11.1 Å². The summed E-state index contributed by atoms with van der Waals surface area (Å²) in [7, 11) is 0. The van der Waals surface area contributed by atoms with Crippen LogP contribution in [0.3, 0.4) is 0 Å². The molecule has 5 heteroatoms. The molecule has 0 spiro atoms. The monoisotopic (exact) mass is 204 g/mol. The second kappa shape index (κ2) is 7.49. The van der Waals surface area contributed by atoms with Gasteiger partial charge in [-0.2, -0.15) is 0 Å². The Morgan fingerprint density at radius 2 is 1.79 bits per heavy atom. The van der Waals surface area contributed by atoms with Gasteiger partial charge in [0.1, 0.15) is 0 Å². The zero-order valence-corrected chi connectivity index (χ0v) is 8.19. The van der Waals surface area contributed by atoms with Gasteiger partial charge in [0.15, 0.2) is 0 Å². The number of rotatable bonds is 6. The number of hydrogen-bond acceptors (Lipinski definition) is 5. The first kappa shape index (κ1) is 13.1. The van der Waals surface area contributed by atoms with E-state index in [9.17, 15) is 4.79 Å². The van der Waals surface area contributed by atoms with E-state index in [1.807, 2.05) is 0 Å². The van der Waals surface area contributed by atoms with Crippen LogP contribution in [-0.2, 0) is 9.53 Å². The molecule has 0 aromatic heterocycles. The van der Waals surface area contributed by atoms with Gasteiger partial charge in [-0.25, -0.2) is 4.79 Å². The SMILES string of the molecule is CCOC(=O)C(CCO)=C(CO)CO. The summed E-state index contributed by atoms with van der Waals surface area (Å²) in [5, 5.41) is 26.4. The second-order valence-electron chi connectivity index (χ2n) is 2.59. The van der Waals surface area contributed by atoms with Crippen LogP contribution in [0.2, 0.25) is 0 Å². The molecule has 0 aliphatic carbocycles. The summed E-state index contributed by atoms with van der Waals surface area (Å²) in [5.74, 6) is -0.598. The van der Waals surface area contributed by atoms with E-state index in [-0.39, 0.29) is 30.8 Å². The van der Waals surface area contributed by atoms with E-state index in [1.54, 1.807) is 6.92 Å². The predicted octanol–water partition coefficient (Wildman–Crippen LogP) is -0.787. The molecular weight excluding hydrogens is 188 g/mol. The van der Waals surface area contributed by atoms with Gasteiger partial charge in [-0.1, -0.05) is 0 Å². The Morgan fingerprint density at radius 1 is 1.21 bits per heavy atom. The number of aliphatic hydroxyl groups is 3. The number of aliphatic hydroxyl groups excluding tert-OH is 3. The molecule has 0 aromatic rings. The Morgan fingerprint density at radius 3 is 2.14 bits per heavy atom. The average molecular weight is 204 g/mol. The van der Waals surface area contributed by atoms with Crippen molar-refractivity contribution in [3.8, 4) is 0 Å². The molecule has 0 aliphatic rings. The van der Waals surface area contributed by atoms with E-state index in [0.717, 1.165) is 0 Å². The Labute approximate surface area is 82.6 Å². The molecule has 0 unspecified atom stereocenters. The molecule has 3 N–H and O–H groups in total. The predicted molar refractivity (Wildman–Crippen MR) is 49.5 cm³/mol. The van der Waals surface area contributed by atoms with E-state index in [0.29, 0.717) is 0 Å². The first-order valence-electron chi connectivity index (χ1n) is 4.41. The van der Waals surface area contributed by atoms with Crippen molar-refractivity contribution in [3.63, 3.8) is 0 Å². The molecule has 0 radical (unpaired) electrons. The van der Waals surface area contributed by atoms with E-state index < -0.39 is 19.2 Å². The zero-order chi connectivity index (χ0) is 11.0. The van der Waals surface area contributed by atoms with Crippen molar-refractivity contribution >= 4 is 5.97 Å². The fraction of sp³-hybridized carbons (Fsp3) is 0.667. The van der Waals surface area contributed by atoms with Crippen LogP contribution < -0.4 is 0 Å². The van der Waals surface area contributed by atoms with Gasteiger partial charge in [0.2, 0.25) is 0 Å². The Kier molecular flexibility index (Phi) is 7.00. The summed E-state index contributed by atoms with van der Waals surface area (Å²) in [4.78, 5) is 11.3. The minimum atomic E-state index is -0.598. The van der Waals surface area contributed by atoms with Crippen LogP contribution in [0.4, 0.5) is 0 Å². The van der Waals surface area contributed by atoms with Crippen molar-refractivity contribution in [1.82, 2.24) is 0 Å². The molecule has 0 saturated heterocycles. The highest BCUT2D eigenvalue weighted by molar-refractivity contribution is 5.89. The van der Waals surface area contributed by atoms with Crippen molar-refractivity contribution in [1.29, 1.82) is 0 Å². The molecule has 82 valence electrons. The summed E-state index contributed by atoms with van der Waals surface area (Å²) >= 11 is 0. The fourth-order valence-corrected chi connectivity index (χ4v) is 0.994. The van der Waals surface area contributed by atoms with Crippen molar-refractivity contribution in [2.75, 3.05) is 26.4 Å². The number of ether oxygens (including phenoxy) is 1. The smallest absolute Gasteiger partial charge is 0.334 e. The fourth-order valence-electron chi connectivity index (χ4n) is 0.994. The number of esters is 1. The summed E-state index contributed by atoms with van der Waals surface area (Å²) < 4.78 is 4.71. The van der Waals surface area contributed by atoms with Crippen molar-refractivity contribution < 1.29 is 24.9 Å². The zero-order valence-electron chi connectivity index (χ0n) is 8.19. The van der Waals surface area contributed by atoms with Gasteiger partial charge in [0.25, 0.3) is 0 Å². The molecular formula is C9H16O5. The highest BCUT2D eigenvalue weighted by Gasteiger charge is 2.14. The average Bonchev–Trinajstić information content (AvgIpc) is 2.18. The topological polar surface area (TPSA) is 87.0 Å². The highest BCUT2D eigenvalue weighted by atomic mass is 16.5. The molecule has 0 bridgehead atoms. The summed E-state index contributed by atoms with van der Waals surface area (Å²) in [5.41, 5.74) is 0.344. The first-order chi connectivity index (χ1) is 6.71. The van der Waals surface area contributed by atoms with Crippen molar-refractivity contribution in [3.05, 3.63) is 11.1 Å². The first-order valence-corrected chi connectivity index (χ1v) is 4.41. The maximum absolute atomic E-state index is 11.3. The molecule has 5 nitrogen and oxygen atoms in total. The molecule has 0 fully saturated rings. The van der Waals surface area contributed by atoms with Gasteiger partial charge in [-0.3, -0.25) is 0 Å². The lowest BCUT2D eigenvalue weighted by Crippen LogP contribution is -2.15. The third kappa shape index (κ3) is 3.87. The molecule has 0 saturated carbocycles. The van der Waals surface area contributed by atoms with Crippen LogP contribution in [-0.4, -0.2) is 47.7 Å². The lowest BCUT2D eigenvalue weighted by atomic mass is 10.1. The van der Waals surface area contributed by atoms with E-state index >= 15 is 0 Å². The Hall–Kier alpha value is -0.910. The minimum Gasteiger partial charge on any atom is -0.463 e. The number of carbonyl (C=O) groups is 1. The van der Waals surface area contributed by atoms with E-state index in [1.165, 1.54) is 0 Å². The third-order valence-corrected chi connectivity index (χ3v) is 1.69. The second-order valence-corrected chi connectivity index (χ2v) is 2.59. The highest BCUT2D eigenvalue weighted by Crippen LogP contribution is 2.10. The van der Waals surface area contributed by atoms with Gasteiger partial charge in [0, 0.05) is 18.6 Å². The lowest BCUT2D eigenvalue weighted by molar-refractivity contribution is -0.138. The van der Waals surface area contributed by atoms with Crippen LogP contribution in [0.5, 0.6) is 0 Å². The largest absolute Gasteiger partial charge is 0.463 e. The number of hydrogen-bond donors (Lipinski definition) is 3. The Bertz CT molecular complexity index is 203. The molecule has 0 atom stereocenters. The van der Waals surface area contributed by atoms with Gasteiger partial charge < -0.3 is 20.1 Å². The quantitative estimate of drug-likeness (QED) is 0.390. The summed E-state index contributed by atoms with van der Waals surface area (Å²) in [6.45, 7) is 0.830. The van der Waals surface area contributed by atoms with Gasteiger partial charge in [-0.15, -0.1) is 0 Å². The molecule has 14 heavy (non-hydrogen) atoms. The maximum Gasteiger partial charge on any atom is 0.334 e. The van der Waals surface area contributed by atoms with Crippen molar-refractivity contribution in [2.24, 2.45) is 0 Å². The molecule has 0 amide bonds. The normalized spacial score (nSPS) is 9.71. The van der Waals surface area contributed by atoms with E-state index in [2.05, 4.69) is 0 Å². The van der Waals surface area contributed by atoms with Crippen LogP contribution in [0.25, 0.3) is 0 Å². The van der Waals surface area contributed by atoms with Gasteiger partial charge in [-0.05, 0) is 12.5 Å².